The predicted octanol–water partition coefficient (Wildman–Crippen LogP) is 3.39. The van der Waals surface area contributed by atoms with Crippen LogP contribution in [0.2, 0.25) is 0 Å². The number of H-pyrrole nitrogens is 2. The summed E-state index contributed by atoms with van der Waals surface area (Å²) in [7, 11) is 0. The van der Waals surface area contributed by atoms with Crippen LogP contribution in [0, 0.1) is 0 Å². The first-order valence-electron chi connectivity index (χ1n) is 8.22. The highest BCUT2D eigenvalue weighted by Gasteiger charge is 2.15. The summed E-state index contributed by atoms with van der Waals surface area (Å²) in [6.07, 6.45) is -0.650. The van der Waals surface area contributed by atoms with Crippen LogP contribution in [0.5, 0.6) is 5.75 Å². The van der Waals surface area contributed by atoms with Crippen LogP contribution in [0.25, 0.3) is 11.0 Å². The standard InChI is InChI=1S/C19H21N3O3/c1-11(2)13-5-4-6-15(9-13)25-12(3)18(23)20-14-7-8-16-17(10-14)22-19(24)21-16/h4-12H,1-3H3,(H,20,23)(H2,21,22,24). The minimum Gasteiger partial charge on any atom is -0.481 e. The van der Waals surface area contributed by atoms with Crippen LogP contribution in [0.1, 0.15) is 32.3 Å². The maximum absolute atomic E-state index is 12.4. The molecule has 3 N–H and O–H groups in total. The number of benzene rings is 2. The van der Waals surface area contributed by atoms with Crippen molar-refractivity contribution in [3.63, 3.8) is 0 Å². The molecule has 0 aliphatic heterocycles. The van der Waals surface area contributed by atoms with E-state index in [-0.39, 0.29) is 11.6 Å². The third-order valence-corrected chi connectivity index (χ3v) is 3.99. The third kappa shape index (κ3) is 3.91. The van der Waals surface area contributed by atoms with Gasteiger partial charge in [0, 0.05) is 5.69 Å². The summed E-state index contributed by atoms with van der Waals surface area (Å²) >= 11 is 0. The molecule has 0 saturated heterocycles. The SMILES string of the molecule is CC(Oc1cccc(C(C)C)c1)C(=O)Nc1ccc2[nH]c(=O)[nH]c2c1. The van der Waals surface area contributed by atoms with Crippen molar-refractivity contribution in [1.82, 2.24) is 9.97 Å². The van der Waals surface area contributed by atoms with Crippen LogP contribution in [0.4, 0.5) is 5.69 Å². The lowest BCUT2D eigenvalue weighted by Crippen LogP contribution is -2.30. The summed E-state index contributed by atoms with van der Waals surface area (Å²) in [5.41, 5.74) is 2.81. The second kappa shape index (κ2) is 6.84. The number of hydrogen-bond acceptors (Lipinski definition) is 3. The molecular weight excluding hydrogens is 318 g/mol. The van der Waals surface area contributed by atoms with Crippen molar-refractivity contribution in [3.8, 4) is 5.75 Å². The van der Waals surface area contributed by atoms with Crippen LogP contribution < -0.4 is 15.7 Å². The zero-order chi connectivity index (χ0) is 18.0. The Morgan fingerprint density at radius 3 is 2.56 bits per heavy atom. The minimum atomic E-state index is -0.650. The largest absolute Gasteiger partial charge is 0.481 e. The smallest absolute Gasteiger partial charge is 0.323 e. The predicted molar refractivity (Wildman–Crippen MR) is 98.2 cm³/mol. The Labute approximate surface area is 145 Å². The van der Waals surface area contributed by atoms with Gasteiger partial charge in [-0.2, -0.15) is 0 Å². The van der Waals surface area contributed by atoms with Gasteiger partial charge in [0.05, 0.1) is 11.0 Å². The lowest BCUT2D eigenvalue weighted by Gasteiger charge is -2.16. The van der Waals surface area contributed by atoms with Crippen LogP contribution in [0.15, 0.2) is 47.3 Å². The maximum atomic E-state index is 12.4. The van der Waals surface area contributed by atoms with Gasteiger partial charge in [0.25, 0.3) is 5.91 Å². The van der Waals surface area contributed by atoms with Gasteiger partial charge >= 0.3 is 5.69 Å². The van der Waals surface area contributed by atoms with E-state index in [1.807, 2.05) is 24.3 Å². The van der Waals surface area contributed by atoms with E-state index in [0.717, 1.165) is 5.56 Å². The van der Waals surface area contributed by atoms with Gasteiger partial charge < -0.3 is 20.0 Å². The molecule has 1 aromatic heterocycles. The first kappa shape index (κ1) is 16.8. The minimum absolute atomic E-state index is 0.257. The van der Waals surface area contributed by atoms with Gasteiger partial charge in [-0.15, -0.1) is 0 Å². The molecule has 0 fully saturated rings. The van der Waals surface area contributed by atoms with E-state index >= 15 is 0 Å². The summed E-state index contributed by atoms with van der Waals surface area (Å²) in [6.45, 7) is 5.92. The number of anilines is 1. The third-order valence-electron chi connectivity index (χ3n) is 3.99. The lowest BCUT2D eigenvalue weighted by molar-refractivity contribution is -0.122. The van der Waals surface area contributed by atoms with Crippen molar-refractivity contribution in [2.75, 3.05) is 5.32 Å². The number of fused-ring (bicyclic) bond motifs is 1. The molecule has 0 spiro atoms. The highest BCUT2D eigenvalue weighted by molar-refractivity contribution is 5.95. The molecule has 0 aliphatic rings. The van der Waals surface area contributed by atoms with Crippen LogP contribution >= 0.6 is 0 Å². The second-order valence-corrected chi connectivity index (χ2v) is 6.32. The number of amides is 1. The number of ether oxygens (including phenoxy) is 1. The molecular formula is C19H21N3O3. The summed E-state index contributed by atoms with van der Waals surface area (Å²) in [6, 6.07) is 12.9. The number of aromatic amines is 2. The number of aromatic nitrogens is 2. The fourth-order valence-corrected chi connectivity index (χ4v) is 2.56. The van der Waals surface area contributed by atoms with Crippen molar-refractivity contribution in [2.45, 2.75) is 32.8 Å². The molecule has 1 atom stereocenters. The summed E-state index contributed by atoms with van der Waals surface area (Å²) in [5, 5.41) is 2.80. The Morgan fingerprint density at radius 1 is 1.04 bits per heavy atom. The first-order chi connectivity index (χ1) is 11.9. The number of hydrogen-bond donors (Lipinski definition) is 3. The van der Waals surface area contributed by atoms with E-state index in [9.17, 15) is 9.59 Å². The first-order valence-corrected chi connectivity index (χ1v) is 8.22. The zero-order valence-electron chi connectivity index (χ0n) is 14.4. The van der Waals surface area contributed by atoms with Crippen molar-refractivity contribution in [2.24, 2.45) is 0 Å². The Bertz CT molecular complexity index is 956. The average Bonchev–Trinajstić information content (AvgIpc) is 2.94. The Morgan fingerprint density at radius 2 is 1.80 bits per heavy atom. The maximum Gasteiger partial charge on any atom is 0.323 e. The molecule has 0 radical (unpaired) electrons. The molecule has 6 heteroatoms. The normalized spacial score (nSPS) is 12.3. The average molecular weight is 339 g/mol. The van der Waals surface area contributed by atoms with Crippen molar-refractivity contribution >= 4 is 22.6 Å². The molecule has 0 aliphatic carbocycles. The molecule has 0 bridgehead atoms. The van der Waals surface area contributed by atoms with Crippen molar-refractivity contribution < 1.29 is 9.53 Å². The molecule has 1 heterocycles. The quantitative estimate of drug-likeness (QED) is 0.666. The van der Waals surface area contributed by atoms with Gasteiger partial charge in [-0.3, -0.25) is 4.79 Å². The highest BCUT2D eigenvalue weighted by atomic mass is 16.5. The van der Waals surface area contributed by atoms with Crippen LogP contribution in [-0.4, -0.2) is 22.0 Å². The van der Waals surface area contributed by atoms with E-state index < -0.39 is 6.10 Å². The van der Waals surface area contributed by atoms with Gasteiger partial charge in [-0.05, 0) is 48.7 Å². The fraction of sp³-hybridized carbons (Fsp3) is 0.263. The molecule has 130 valence electrons. The Balaban J connectivity index is 1.69. The van der Waals surface area contributed by atoms with E-state index in [2.05, 4.69) is 29.1 Å². The Hall–Kier alpha value is -3.02. The second-order valence-electron chi connectivity index (χ2n) is 6.32. The monoisotopic (exact) mass is 339 g/mol. The molecule has 2 aromatic carbocycles. The molecule has 0 saturated carbocycles. The Kier molecular flexibility index (Phi) is 4.61. The van der Waals surface area contributed by atoms with E-state index in [4.69, 9.17) is 4.74 Å². The van der Waals surface area contributed by atoms with E-state index in [0.29, 0.717) is 28.4 Å². The summed E-state index contributed by atoms with van der Waals surface area (Å²) in [4.78, 5) is 29.0. The summed E-state index contributed by atoms with van der Waals surface area (Å²) in [5.74, 6) is 0.800. The topological polar surface area (TPSA) is 87.0 Å². The van der Waals surface area contributed by atoms with Crippen molar-refractivity contribution in [1.29, 1.82) is 0 Å². The van der Waals surface area contributed by atoms with E-state index in [1.165, 1.54) is 0 Å². The number of rotatable bonds is 5. The molecule has 1 amide bonds. The summed E-state index contributed by atoms with van der Waals surface area (Å²) < 4.78 is 5.75. The number of carbonyl (C=O) groups is 1. The number of nitrogens with one attached hydrogen (secondary N) is 3. The van der Waals surface area contributed by atoms with Gasteiger partial charge in [-0.25, -0.2) is 4.79 Å². The van der Waals surface area contributed by atoms with Gasteiger partial charge in [0.1, 0.15) is 5.75 Å². The molecule has 25 heavy (non-hydrogen) atoms. The molecule has 3 rings (SSSR count). The van der Waals surface area contributed by atoms with Crippen molar-refractivity contribution in [3.05, 3.63) is 58.5 Å². The number of carbonyl (C=O) groups excluding carboxylic acids is 1. The zero-order valence-corrected chi connectivity index (χ0v) is 14.4. The highest BCUT2D eigenvalue weighted by Crippen LogP contribution is 2.21. The van der Waals surface area contributed by atoms with Gasteiger partial charge in [-0.1, -0.05) is 26.0 Å². The van der Waals surface area contributed by atoms with Crippen LogP contribution in [-0.2, 0) is 4.79 Å². The molecule has 1 unspecified atom stereocenters. The van der Waals surface area contributed by atoms with Crippen LogP contribution in [0.3, 0.4) is 0 Å². The lowest BCUT2D eigenvalue weighted by atomic mass is 10.0. The molecule has 3 aromatic rings. The molecule has 6 nitrogen and oxygen atoms in total. The van der Waals surface area contributed by atoms with Gasteiger partial charge in [0.15, 0.2) is 6.10 Å². The fourth-order valence-electron chi connectivity index (χ4n) is 2.56. The van der Waals surface area contributed by atoms with Gasteiger partial charge in [0.2, 0.25) is 0 Å². The number of imidazole rings is 1. The van der Waals surface area contributed by atoms with E-state index in [1.54, 1.807) is 25.1 Å².